The molecule has 0 bridgehead atoms. The molecule has 0 saturated heterocycles. The predicted molar refractivity (Wildman–Crippen MR) is 245 cm³/mol. The lowest BCUT2D eigenvalue weighted by molar-refractivity contribution is 0.599. The van der Waals surface area contributed by atoms with E-state index in [-0.39, 0.29) is 0 Å². The van der Waals surface area contributed by atoms with Gasteiger partial charge < -0.3 is 9.80 Å². The topological polar surface area (TPSA) is 71.8 Å². The van der Waals surface area contributed by atoms with Gasteiger partial charge in [-0.25, -0.2) is 0 Å². The van der Waals surface area contributed by atoms with Crippen molar-refractivity contribution in [3.8, 4) is 20.9 Å². The molecule has 3 aliphatic rings. The molecule has 2 aromatic heterocycles. The number of thiophene rings is 2. The molecule has 0 amide bonds. The Hall–Kier alpha value is -6.79. The molecule has 12 rings (SSSR count). The zero-order valence-corrected chi connectivity index (χ0v) is 34.2. The molecule has 0 atom stereocenters. The van der Waals surface area contributed by atoms with Crippen molar-refractivity contribution in [3.05, 3.63) is 168 Å². The molecule has 11 heteroatoms. The molecule has 8 nitrogen and oxygen atoms in total. The van der Waals surface area contributed by atoms with Crippen LogP contribution in [0.1, 0.15) is 0 Å². The second kappa shape index (κ2) is 12.6. The molecule has 0 saturated carbocycles. The maximum absolute atomic E-state index is 13.1. The summed E-state index contributed by atoms with van der Waals surface area (Å²) in [7, 11) is 0.162. The third-order valence-electron chi connectivity index (χ3n) is 11.6. The standard InChI is InChI=1S/C48H32N6O2S3/c1-51-35-11-3-7-15-39(35)53(40-16-8-4-12-36(40)51)45-25-23-43(57-45)29-19-21-31-32-22-20-30(28-34(32)48-47(33(31)27-29)49-59(55,56)50-48)44-24-26-46(58-44)54-41-17-9-5-13-37(41)52(2)38-14-6-10-18-42(38)54/h3-28H,1-2H3. The molecule has 0 unspecified atom stereocenters. The minimum atomic E-state index is -4.05. The van der Waals surface area contributed by atoms with Crippen LogP contribution in [0, 0.1) is 0 Å². The Kier molecular flexibility index (Phi) is 7.32. The van der Waals surface area contributed by atoms with E-state index in [1.807, 2.05) is 0 Å². The van der Waals surface area contributed by atoms with Crippen molar-refractivity contribution in [1.82, 2.24) is 0 Å². The van der Waals surface area contributed by atoms with Gasteiger partial charge in [-0.2, -0.15) is 8.42 Å². The summed E-state index contributed by atoms with van der Waals surface area (Å²) in [5.74, 6) is 0. The van der Waals surface area contributed by atoms with Gasteiger partial charge in [0.1, 0.15) is 20.7 Å². The van der Waals surface area contributed by atoms with Gasteiger partial charge in [-0.1, -0.05) is 72.8 Å². The Labute approximate surface area is 348 Å². The van der Waals surface area contributed by atoms with Crippen LogP contribution in [0.15, 0.2) is 167 Å². The number of rotatable bonds is 4. The summed E-state index contributed by atoms with van der Waals surface area (Å²) in [4.78, 5) is 11.3. The van der Waals surface area contributed by atoms with Gasteiger partial charge in [0.05, 0.1) is 45.5 Å². The summed E-state index contributed by atoms with van der Waals surface area (Å²) >= 11 is 3.40. The average molecular weight is 821 g/mol. The first kappa shape index (κ1) is 34.3. The summed E-state index contributed by atoms with van der Waals surface area (Å²) in [5, 5.41) is 6.35. The fourth-order valence-corrected chi connectivity index (χ4v) is 11.8. The van der Waals surface area contributed by atoms with Crippen LogP contribution in [0.25, 0.3) is 42.4 Å². The maximum Gasteiger partial charge on any atom is 0.364 e. The summed E-state index contributed by atoms with van der Waals surface area (Å²) in [6.07, 6.45) is 0. The second-order valence-corrected chi connectivity index (χ2v) is 18.3. The number of nitrogens with zero attached hydrogens (tertiary/aromatic N) is 6. The number of anilines is 10. The van der Waals surface area contributed by atoms with Crippen LogP contribution in [0.5, 0.6) is 0 Å². The quantitative estimate of drug-likeness (QED) is 0.165. The summed E-state index contributed by atoms with van der Waals surface area (Å²) in [5.41, 5.74) is 11.0. The number of fused-ring (bicyclic) bond motifs is 10. The highest BCUT2D eigenvalue weighted by atomic mass is 32.2. The van der Waals surface area contributed by atoms with Crippen molar-refractivity contribution < 1.29 is 8.42 Å². The lowest BCUT2D eigenvalue weighted by Crippen LogP contribution is -2.23. The molecule has 9 aromatic rings. The molecule has 7 aromatic carbocycles. The largest absolute Gasteiger partial charge is 0.364 e. The zero-order valence-electron chi connectivity index (χ0n) is 31.7. The molecule has 0 N–H and O–H groups in total. The van der Waals surface area contributed by atoms with Crippen molar-refractivity contribution in [2.24, 2.45) is 8.80 Å². The van der Waals surface area contributed by atoms with Crippen molar-refractivity contribution in [2.45, 2.75) is 0 Å². The van der Waals surface area contributed by atoms with Crippen LogP contribution in [0.2, 0.25) is 0 Å². The first-order valence-electron chi connectivity index (χ1n) is 19.2. The number of para-hydroxylation sites is 8. The van der Waals surface area contributed by atoms with Crippen LogP contribution in [-0.4, -0.2) is 22.5 Å². The van der Waals surface area contributed by atoms with Gasteiger partial charge in [0.25, 0.3) is 0 Å². The summed E-state index contributed by atoms with van der Waals surface area (Å²) in [6, 6.07) is 55.0. The van der Waals surface area contributed by atoms with E-state index in [1.165, 1.54) is 0 Å². The lowest BCUT2D eigenvalue weighted by Gasteiger charge is -2.37. The van der Waals surface area contributed by atoms with Crippen molar-refractivity contribution in [2.75, 3.05) is 33.7 Å². The number of benzene rings is 7. The van der Waals surface area contributed by atoms with E-state index < -0.39 is 10.2 Å². The maximum atomic E-state index is 13.1. The predicted octanol–water partition coefficient (Wildman–Crippen LogP) is 12.0. The second-order valence-electron chi connectivity index (χ2n) is 14.9. The van der Waals surface area contributed by atoms with E-state index in [4.69, 9.17) is 0 Å². The van der Waals surface area contributed by atoms with Gasteiger partial charge in [-0.15, -0.1) is 31.5 Å². The Morgan fingerprint density at radius 1 is 0.407 bits per heavy atom. The number of hydrogen-bond acceptors (Lipinski definition) is 8. The Morgan fingerprint density at radius 3 is 1.10 bits per heavy atom. The molecule has 3 aliphatic heterocycles. The van der Waals surface area contributed by atoms with E-state index in [0.29, 0.717) is 10.7 Å². The average Bonchev–Trinajstić information content (AvgIpc) is 4.03. The molecule has 0 fully saturated rings. The van der Waals surface area contributed by atoms with Gasteiger partial charge >= 0.3 is 10.2 Å². The fourth-order valence-electron chi connectivity index (χ4n) is 8.90. The Morgan fingerprint density at radius 2 is 0.746 bits per heavy atom. The molecule has 284 valence electrons. The van der Waals surface area contributed by atoms with Crippen molar-refractivity contribution in [3.63, 3.8) is 0 Å². The van der Waals surface area contributed by atoms with Gasteiger partial charge in [0.15, 0.2) is 0 Å². The van der Waals surface area contributed by atoms with Gasteiger partial charge in [0.2, 0.25) is 0 Å². The first-order chi connectivity index (χ1) is 28.8. The molecule has 0 spiro atoms. The molecular formula is C48H32N6O2S3. The van der Waals surface area contributed by atoms with E-state index in [9.17, 15) is 8.42 Å². The van der Waals surface area contributed by atoms with Crippen LogP contribution in [0.4, 0.5) is 55.5 Å². The van der Waals surface area contributed by atoms with Gasteiger partial charge in [-0.3, -0.25) is 9.80 Å². The number of hydrogen-bond donors (Lipinski definition) is 0. The zero-order chi connectivity index (χ0) is 39.6. The SMILES string of the molecule is CN1c2ccccc2N(c2ccc(-c3ccc4c(c3)c3c(c5cc(-c6ccc(N7c8ccccc8N(C)c8ccccc87)s6)ccc54)=NS(=O)(=O)N=3)s2)c2ccccc21. The van der Waals surface area contributed by atoms with Crippen molar-refractivity contribution >= 4 is 110 Å². The van der Waals surface area contributed by atoms with Gasteiger partial charge in [0, 0.05) is 34.6 Å². The Balaban J connectivity index is 0.956. The minimum absolute atomic E-state index is 0.391. The fraction of sp³-hybridized carbons (Fsp3) is 0.0417. The van der Waals surface area contributed by atoms with Crippen LogP contribution >= 0.6 is 22.7 Å². The summed E-state index contributed by atoms with van der Waals surface area (Å²) < 4.78 is 34.8. The highest BCUT2D eigenvalue weighted by Crippen LogP contribution is 2.54. The van der Waals surface area contributed by atoms with E-state index in [0.717, 1.165) is 97.9 Å². The molecule has 5 heterocycles. The first-order valence-corrected chi connectivity index (χ1v) is 22.2. The molecular weight excluding hydrogens is 789 g/mol. The monoisotopic (exact) mass is 820 g/mol. The van der Waals surface area contributed by atoms with Crippen LogP contribution < -0.4 is 30.3 Å². The smallest absolute Gasteiger partial charge is 0.341 e. The van der Waals surface area contributed by atoms with E-state index in [1.54, 1.807) is 22.7 Å². The van der Waals surface area contributed by atoms with Gasteiger partial charge in [-0.05, 0) is 107 Å². The lowest BCUT2D eigenvalue weighted by atomic mass is 9.97. The third kappa shape index (κ3) is 5.15. The van der Waals surface area contributed by atoms with E-state index >= 15 is 0 Å². The Bertz CT molecular complexity index is 3180. The molecule has 0 aliphatic carbocycles. The third-order valence-corrected chi connectivity index (χ3v) is 14.7. The van der Waals surface area contributed by atoms with Crippen LogP contribution in [-0.2, 0) is 10.2 Å². The minimum Gasteiger partial charge on any atom is -0.341 e. The summed E-state index contributed by atoms with van der Waals surface area (Å²) in [6.45, 7) is 0. The highest BCUT2D eigenvalue weighted by molar-refractivity contribution is 7.88. The van der Waals surface area contributed by atoms with Crippen molar-refractivity contribution in [1.29, 1.82) is 0 Å². The van der Waals surface area contributed by atoms with E-state index in [2.05, 4.69) is 200 Å². The normalized spacial score (nSPS) is 14.7. The molecule has 59 heavy (non-hydrogen) atoms. The molecule has 0 radical (unpaired) electrons. The highest BCUT2D eigenvalue weighted by Gasteiger charge is 2.30. The van der Waals surface area contributed by atoms with Crippen LogP contribution in [0.3, 0.4) is 0 Å².